The summed E-state index contributed by atoms with van der Waals surface area (Å²) in [5.41, 5.74) is 3.78. The summed E-state index contributed by atoms with van der Waals surface area (Å²) in [5, 5.41) is 1.00. The Kier molecular flexibility index (Phi) is 4.36. The van der Waals surface area contributed by atoms with Crippen LogP contribution < -0.4 is 20.7 Å². The van der Waals surface area contributed by atoms with Crippen molar-refractivity contribution in [2.45, 2.75) is 13.0 Å². The normalized spacial score (nSPS) is 12.2. The third-order valence-electron chi connectivity index (χ3n) is 2.80. The highest BCUT2D eigenvalue weighted by Crippen LogP contribution is 2.31. The first-order valence-corrected chi connectivity index (χ1v) is 6.61. The third-order valence-corrected chi connectivity index (χ3v) is 3.78. The first-order valence-electron chi connectivity index (χ1n) is 5.79. The average Bonchev–Trinajstić information content (AvgIpc) is 2.85. The van der Waals surface area contributed by atoms with Crippen molar-refractivity contribution in [1.82, 2.24) is 10.4 Å². The fourth-order valence-corrected chi connectivity index (χ4v) is 2.72. The lowest BCUT2D eigenvalue weighted by Gasteiger charge is -2.16. The lowest BCUT2D eigenvalue weighted by Crippen LogP contribution is -2.28. The highest BCUT2D eigenvalue weighted by Gasteiger charge is 2.17. The summed E-state index contributed by atoms with van der Waals surface area (Å²) in [6, 6.07) is 5.56. The maximum Gasteiger partial charge on any atom is 0.122 e. The van der Waals surface area contributed by atoms with E-state index < -0.39 is 0 Å². The fourth-order valence-electron chi connectivity index (χ4n) is 1.85. The van der Waals surface area contributed by atoms with Crippen LogP contribution in [0.25, 0.3) is 0 Å². The molecule has 0 fully saturated rings. The van der Waals surface area contributed by atoms with Crippen LogP contribution in [0.1, 0.15) is 21.5 Å². The molecule has 3 N–H and O–H groups in total. The summed E-state index contributed by atoms with van der Waals surface area (Å²) < 4.78 is 10.5. The Morgan fingerprint density at radius 1 is 1.21 bits per heavy atom. The Labute approximate surface area is 116 Å². The standard InChI is InChI=1S/C13H17N3O2S/c1-8-15-7-12(19-8)13(16-14)9-4-10(17-2)6-11(5-9)18-3/h4-7,13,16H,14H2,1-3H3. The Bertz CT molecular complexity index is 534. The summed E-state index contributed by atoms with van der Waals surface area (Å²) >= 11 is 1.61. The van der Waals surface area contributed by atoms with E-state index in [4.69, 9.17) is 15.3 Å². The van der Waals surface area contributed by atoms with Gasteiger partial charge < -0.3 is 9.47 Å². The summed E-state index contributed by atoms with van der Waals surface area (Å²) in [6.07, 6.45) is 1.83. The van der Waals surface area contributed by atoms with Gasteiger partial charge in [-0.3, -0.25) is 5.84 Å². The van der Waals surface area contributed by atoms with Gasteiger partial charge in [0, 0.05) is 17.1 Å². The molecule has 1 heterocycles. The van der Waals surface area contributed by atoms with Crippen molar-refractivity contribution in [2.24, 2.45) is 5.84 Å². The molecule has 0 amide bonds. The molecule has 6 heteroatoms. The van der Waals surface area contributed by atoms with Gasteiger partial charge in [-0.1, -0.05) is 0 Å². The first-order chi connectivity index (χ1) is 9.17. The Hall–Kier alpha value is -1.63. The first kappa shape index (κ1) is 13.8. The Morgan fingerprint density at radius 2 is 1.84 bits per heavy atom. The van der Waals surface area contributed by atoms with Gasteiger partial charge in [0.1, 0.15) is 11.5 Å². The van der Waals surface area contributed by atoms with Crippen molar-refractivity contribution >= 4 is 11.3 Å². The number of nitrogens with zero attached hydrogens (tertiary/aromatic N) is 1. The molecule has 1 unspecified atom stereocenters. The number of nitrogens with one attached hydrogen (secondary N) is 1. The Morgan fingerprint density at radius 3 is 2.26 bits per heavy atom. The number of thiazole rings is 1. The van der Waals surface area contributed by atoms with Gasteiger partial charge in [-0.05, 0) is 24.6 Å². The second-order valence-electron chi connectivity index (χ2n) is 4.03. The van der Waals surface area contributed by atoms with Crippen LogP contribution in [0, 0.1) is 6.92 Å². The number of aryl methyl sites for hydroxylation is 1. The molecule has 0 saturated heterocycles. The van der Waals surface area contributed by atoms with E-state index in [0.717, 1.165) is 26.9 Å². The van der Waals surface area contributed by atoms with Crippen molar-refractivity contribution in [2.75, 3.05) is 14.2 Å². The minimum atomic E-state index is -0.129. The van der Waals surface area contributed by atoms with Crippen LogP contribution in [0.15, 0.2) is 24.4 Å². The maximum absolute atomic E-state index is 5.68. The smallest absolute Gasteiger partial charge is 0.122 e. The van der Waals surface area contributed by atoms with Crippen LogP contribution in [0.2, 0.25) is 0 Å². The fraction of sp³-hybridized carbons (Fsp3) is 0.308. The van der Waals surface area contributed by atoms with Crippen LogP contribution in [0.4, 0.5) is 0 Å². The van der Waals surface area contributed by atoms with E-state index in [9.17, 15) is 0 Å². The molecule has 0 aliphatic carbocycles. The largest absolute Gasteiger partial charge is 0.497 e. The van der Waals surface area contributed by atoms with E-state index in [1.54, 1.807) is 25.6 Å². The number of aromatic nitrogens is 1. The molecule has 0 saturated carbocycles. The van der Waals surface area contributed by atoms with E-state index in [-0.39, 0.29) is 6.04 Å². The average molecular weight is 279 g/mol. The molecule has 2 aromatic rings. The van der Waals surface area contributed by atoms with E-state index in [2.05, 4.69) is 10.4 Å². The van der Waals surface area contributed by atoms with Gasteiger partial charge >= 0.3 is 0 Å². The molecular formula is C13H17N3O2S. The molecule has 0 radical (unpaired) electrons. The second-order valence-corrected chi connectivity index (χ2v) is 5.29. The number of benzene rings is 1. The van der Waals surface area contributed by atoms with Gasteiger partial charge in [-0.25, -0.2) is 10.4 Å². The minimum Gasteiger partial charge on any atom is -0.497 e. The predicted molar refractivity (Wildman–Crippen MR) is 75.6 cm³/mol. The monoisotopic (exact) mass is 279 g/mol. The SMILES string of the molecule is COc1cc(OC)cc(C(NN)c2cnc(C)s2)c1. The molecular weight excluding hydrogens is 262 g/mol. The number of hydrogen-bond acceptors (Lipinski definition) is 6. The van der Waals surface area contributed by atoms with Gasteiger partial charge in [-0.2, -0.15) is 0 Å². The minimum absolute atomic E-state index is 0.129. The van der Waals surface area contributed by atoms with Crippen LogP contribution >= 0.6 is 11.3 Å². The number of ether oxygens (including phenoxy) is 2. The molecule has 19 heavy (non-hydrogen) atoms. The zero-order valence-corrected chi connectivity index (χ0v) is 12.0. The number of nitrogens with two attached hydrogens (primary N) is 1. The molecule has 0 spiro atoms. The zero-order valence-electron chi connectivity index (χ0n) is 11.1. The number of methoxy groups -OCH3 is 2. The lowest BCUT2D eigenvalue weighted by molar-refractivity contribution is 0.392. The summed E-state index contributed by atoms with van der Waals surface area (Å²) in [5.74, 6) is 7.14. The lowest BCUT2D eigenvalue weighted by atomic mass is 10.1. The van der Waals surface area contributed by atoms with Crippen molar-refractivity contribution in [3.8, 4) is 11.5 Å². The number of hydrazine groups is 1. The zero-order chi connectivity index (χ0) is 13.8. The number of hydrogen-bond donors (Lipinski definition) is 2. The second kappa shape index (κ2) is 6.01. The van der Waals surface area contributed by atoms with E-state index in [1.165, 1.54) is 0 Å². The molecule has 1 aromatic carbocycles. The van der Waals surface area contributed by atoms with Crippen LogP contribution in [0.3, 0.4) is 0 Å². The molecule has 0 aliphatic rings. The topological polar surface area (TPSA) is 69.4 Å². The summed E-state index contributed by atoms with van der Waals surface area (Å²) in [7, 11) is 3.25. The van der Waals surface area contributed by atoms with Crippen molar-refractivity contribution < 1.29 is 9.47 Å². The molecule has 0 aliphatic heterocycles. The van der Waals surface area contributed by atoms with Crippen LogP contribution in [-0.2, 0) is 0 Å². The van der Waals surface area contributed by atoms with Gasteiger partial charge in [-0.15, -0.1) is 11.3 Å². The predicted octanol–water partition coefficient (Wildman–Crippen LogP) is 2.02. The highest BCUT2D eigenvalue weighted by atomic mass is 32.1. The molecule has 102 valence electrons. The summed E-state index contributed by atoms with van der Waals surface area (Å²) in [6.45, 7) is 1.97. The quantitative estimate of drug-likeness (QED) is 0.647. The van der Waals surface area contributed by atoms with Crippen molar-refractivity contribution in [3.05, 3.63) is 39.8 Å². The molecule has 2 rings (SSSR count). The van der Waals surface area contributed by atoms with Crippen LogP contribution in [-0.4, -0.2) is 19.2 Å². The van der Waals surface area contributed by atoms with Gasteiger partial charge in [0.15, 0.2) is 0 Å². The van der Waals surface area contributed by atoms with Gasteiger partial charge in [0.2, 0.25) is 0 Å². The van der Waals surface area contributed by atoms with E-state index in [1.807, 2.05) is 31.3 Å². The van der Waals surface area contributed by atoms with E-state index in [0.29, 0.717) is 0 Å². The molecule has 1 aromatic heterocycles. The molecule has 0 bridgehead atoms. The van der Waals surface area contributed by atoms with Crippen LogP contribution in [0.5, 0.6) is 11.5 Å². The maximum atomic E-state index is 5.68. The number of rotatable bonds is 5. The van der Waals surface area contributed by atoms with Gasteiger partial charge in [0.25, 0.3) is 0 Å². The Balaban J connectivity index is 2.42. The van der Waals surface area contributed by atoms with E-state index >= 15 is 0 Å². The molecule has 1 atom stereocenters. The third kappa shape index (κ3) is 3.04. The van der Waals surface area contributed by atoms with Gasteiger partial charge in [0.05, 0.1) is 25.3 Å². The molecule has 5 nitrogen and oxygen atoms in total. The summed E-state index contributed by atoms with van der Waals surface area (Å²) in [4.78, 5) is 5.31. The van der Waals surface area contributed by atoms with Crippen molar-refractivity contribution in [3.63, 3.8) is 0 Å². The highest BCUT2D eigenvalue weighted by molar-refractivity contribution is 7.11. The van der Waals surface area contributed by atoms with Crippen molar-refractivity contribution in [1.29, 1.82) is 0 Å².